The molecule has 13 heteroatoms. The van der Waals surface area contributed by atoms with Crippen molar-refractivity contribution in [3.8, 4) is 0 Å². The number of aromatic nitrogens is 4. The summed E-state index contributed by atoms with van der Waals surface area (Å²) in [7, 11) is -3.95. The second-order valence-electron chi connectivity index (χ2n) is 9.37. The van der Waals surface area contributed by atoms with Gasteiger partial charge < -0.3 is 9.80 Å². The van der Waals surface area contributed by atoms with Crippen molar-refractivity contribution in [2.45, 2.75) is 38.1 Å². The Hall–Kier alpha value is -2.90. The number of rotatable bonds is 5. The van der Waals surface area contributed by atoms with E-state index >= 15 is 0 Å². The van der Waals surface area contributed by atoms with Crippen LogP contribution in [0.3, 0.4) is 0 Å². The molecular weight excluding hydrogens is 502 g/mol. The molecule has 1 atom stereocenters. The summed E-state index contributed by atoms with van der Waals surface area (Å²) in [5, 5.41) is 0.0636. The van der Waals surface area contributed by atoms with Crippen LogP contribution in [0.4, 0.5) is 5.95 Å². The van der Waals surface area contributed by atoms with Gasteiger partial charge in [-0.3, -0.25) is 14.2 Å². The van der Waals surface area contributed by atoms with Crippen LogP contribution in [0.25, 0.3) is 10.2 Å². The smallest absolute Gasteiger partial charge is 0.263 e. The molecule has 2 aliphatic rings. The number of nitrogens with zero attached hydrogens (tertiary/aromatic N) is 7. The van der Waals surface area contributed by atoms with E-state index in [4.69, 9.17) is 0 Å². The van der Waals surface area contributed by atoms with E-state index in [1.54, 1.807) is 30.3 Å². The van der Waals surface area contributed by atoms with Gasteiger partial charge in [0.05, 0.1) is 11.7 Å². The number of piperazine rings is 1. The maximum absolute atomic E-state index is 13.7. The molecule has 11 nitrogen and oxygen atoms in total. The molecule has 3 aromatic rings. The number of thiophene rings is 1. The van der Waals surface area contributed by atoms with Crippen LogP contribution in [-0.2, 0) is 21.4 Å². The SMILES string of the molecule is Cc1sc2ncn(CC(=O)N3CCCC(C)C3)c(=O)c2c1S(=O)(=O)N1CCN(c2ncccn2)CC1. The van der Waals surface area contributed by atoms with E-state index in [1.807, 2.05) is 4.90 Å². The number of hydrogen-bond acceptors (Lipinski definition) is 9. The highest BCUT2D eigenvalue weighted by molar-refractivity contribution is 7.89. The number of carbonyl (C=O) groups excluding carboxylic acids is 1. The van der Waals surface area contributed by atoms with Crippen LogP contribution in [0, 0.1) is 12.8 Å². The zero-order valence-corrected chi connectivity index (χ0v) is 22.0. The largest absolute Gasteiger partial charge is 0.341 e. The highest BCUT2D eigenvalue weighted by Gasteiger charge is 2.34. The van der Waals surface area contributed by atoms with Crippen LogP contribution in [0.5, 0.6) is 0 Å². The molecule has 1 amide bonds. The van der Waals surface area contributed by atoms with Crippen LogP contribution >= 0.6 is 11.3 Å². The third kappa shape index (κ3) is 4.62. The number of sulfonamides is 1. The first kappa shape index (κ1) is 24.8. The van der Waals surface area contributed by atoms with Crippen LogP contribution in [0.1, 0.15) is 24.6 Å². The van der Waals surface area contributed by atoms with E-state index in [-0.39, 0.29) is 35.8 Å². The summed E-state index contributed by atoms with van der Waals surface area (Å²) in [5.74, 6) is 0.831. The first-order chi connectivity index (χ1) is 17.3. The number of hydrogen-bond donors (Lipinski definition) is 0. The number of piperidine rings is 1. The van der Waals surface area contributed by atoms with Crippen molar-refractivity contribution in [2.75, 3.05) is 44.2 Å². The summed E-state index contributed by atoms with van der Waals surface area (Å²) < 4.78 is 30.1. The van der Waals surface area contributed by atoms with Crippen molar-refractivity contribution in [3.05, 3.63) is 40.0 Å². The minimum atomic E-state index is -3.95. The van der Waals surface area contributed by atoms with Gasteiger partial charge in [0.25, 0.3) is 5.56 Å². The normalized spacial score (nSPS) is 19.7. The number of likely N-dealkylation sites (tertiary alicyclic amines) is 1. The van der Waals surface area contributed by atoms with Crippen LogP contribution in [-0.4, -0.2) is 82.3 Å². The highest BCUT2D eigenvalue weighted by Crippen LogP contribution is 2.33. The second-order valence-corrected chi connectivity index (χ2v) is 12.5. The van der Waals surface area contributed by atoms with Crippen LogP contribution in [0.15, 0.2) is 34.5 Å². The number of carbonyl (C=O) groups is 1. The Labute approximate surface area is 213 Å². The van der Waals surface area contributed by atoms with E-state index in [1.165, 1.54) is 26.5 Å². The van der Waals surface area contributed by atoms with Gasteiger partial charge in [0, 0.05) is 56.5 Å². The lowest BCUT2D eigenvalue weighted by molar-refractivity contribution is -0.133. The lowest BCUT2D eigenvalue weighted by atomic mass is 10.0. The molecule has 2 aliphatic heterocycles. The van der Waals surface area contributed by atoms with Gasteiger partial charge in [0.1, 0.15) is 16.3 Å². The molecule has 2 fully saturated rings. The lowest BCUT2D eigenvalue weighted by Crippen LogP contribution is -2.49. The van der Waals surface area contributed by atoms with Crippen molar-refractivity contribution >= 4 is 43.4 Å². The van der Waals surface area contributed by atoms with E-state index in [0.717, 1.165) is 12.8 Å². The van der Waals surface area contributed by atoms with E-state index in [0.29, 0.717) is 47.8 Å². The molecule has 2 saturated heterocycles. The maximum Gasteiger partial charge on any atom is 0.263 e. The number of amides is 1. The van der Waals surface area contributed by atoms with Gasteiger partial charge in [-0.15, -0.1) is 11.3 Å². The molecule has 192 valence electrons. The molecule has 0 spiro atoms. The predicted octanol–water partition coefficient (Wildman–Crippen LogP) is 1.33. The van der Waals surface area contributed by atoms with Gasteiger partial charge in [0.2, 0.25) is 21.9 Å². The van der Waals surface area contributed by atoms with Crippen molar-refractivity contribution in [3.63, 3.8) is 0 Å². The first-order valence-corrected chi connectivity index (χ1v) is 14.3. The van der Waals surface area contributed by atoms with E-state index in [9.17, 15) is 18.0 Å². The minimum absolute atomic E-state index is 0.00203. The molecule has 0 aromatic carbocycles. The standard InChI is InChI=1S/C23H29N7O4S2/c1-16-5-3-8-28(13-16)18(31)14-29-15-26-21-19(22(29)32)20(17(2)35-21)36(33,34)30-11-9-27(10-12-30)23-24-6-4-7-25-23/h4,6-7,15-16H,3,5,8-14H2,1-2H3. The van der Waals surface area contributed by atoms with E-state index in [2.05, 4.69) is 21.9 Å². The molecule has 1 unspecified atom stereocenters. The molecule has 0 saturated carbocycles. The monoisotopic (exact) mass is 531 g/mol. The predicted molar refractivity (Wildman–Crippen MR) is 137 cm³/mol. The quantitative estimate of drug-likeness (QED) is 0.483. The molecule has 0 aliphatic carbocycles. The van der Waals surface area contributed by atoms with Gasteiger partial charge in [-0.05, 0) is 31.7 Å². The molecule has 0 radical (unpaired) electrons. The Bertz CT molecular complexity index is 1430. The summed E-state index contributed by atoms with van der Waals surface area (Å²) >= 11 is 1.18. The highest BCUT2D eigenvalue weighted by atomic mass is 32.2. The van der Waals surface area contributed by atoms with E-state index < -0.39 is 15.6 Å². The van der Waals surface area contributed by atoms with Gasteiger partial charge >= 0.3 is 0 Å². The zero-order valence-electron chi connectivity index (χ0n) is 20.3. The van der Waals surface area contributed by atoms with Crippen molar-refractivity contribution in [2.24, 2.45) is 5.92 Å². The summed E-state index contributed by atoms with van der Waals surface area (Å²) in [5.41, 5.74) is -0.502. The molecule has 0 N–H and O–H groups in total. The zero-order chi connectivity index (χ0) is 25.4. The van der Waals surface area contributed by atoms with Crippen LogP contribution < -0.4 is 10.5 Å². The number of fused-ring (bicyclic) bond motifs is 1. The Morgan fingerprint density at radius 2 is 1.83 bits per heavy atom. The maximum atomic E-state index is 13.7. The Morgan fingerprint density at radius 1 is 1.11 bits per heavy atom. The summed E-state index contributed by atoms with van der Waals surface area (Å²) in [6.07, 6.45) is 6.68. The molecule has 3 aromatic heterocycles. The summed E-state index contributed by atoms with van der Waals surface area (Å²) in [6, 6.07) is 1.73. The summed E-state index contributed by atoms with van der Waals surface area (Å²) in [4.78, 5) is 43.8. The van der Waals surface area contributed by atoms with Crippen LogP contribution in [0.2, 0.25) is 0 Å². The average Bonchev–Trinajstić information content (AvgIpc) is 3.24. The average molecular weight is 532 g/mol. The van der Waals surface area contributed by atoms with Gasteiger partial charge in [-0.1, -0.05) is 6.92 Å². The third-order valence-electron chi connectivity index (χ3n) is 6.79. The molecule has 5 heterocycles. The summed E-state index contributed by atoms with van der Waals surface area (Å²) in [6.45, 7) is 6.36. The van der Waals surface area contributed by atoms with Crippen molar-refractivity contribution in [1.29, 1.82) is 0 Å². The second kappa shape index (κ2) is 9.87. The number of anilines is 1. The fourth-order valence-electron chi connectivity index (χ4n) is 4.91. The topological polar surface area (TPSA) is 122 Å². The first-order valence-electron chi connectivity index (χ1n) is 12.0. The molecular formula is C23H29N7O4S2. The minimum Gasteiger partial charge on any atom is -0.341 e. The molecule has 5 rings (SSSR count). The molecule has 0 bridgehead atoms. The fraction of sp³-hybridized carbons (Fsp3) is 0.522. The third-order valence-corrected chi connectivity index (χ3v) is 10.00. The Morgan fingerprint density at radius 3 is 2.53 bits per heavy atom. The van der Waals surface area contributed by atoms with Gasteiger partial charge in [0.15, 0.2) is 0 Å². The Balaban J connectivity index is 1.41. The molecule has 36 heavy (non-hydrogen) atoms. The van der Waals surface area contributed by atoms with Crippen molar-refractivity contribution in [1.82, 2.24) is 28.7 Å². The lowest BCUT2D eigenvalue weighted by Gasteiger charge is -2.33. The Kier molecular flexibility index (Phi) is 6.79. The number of aryl methyl sites for hydroxylation is 1. The van der Waals surface area contributed by atoms with Gasteiger partial charge in [-0.25, -0.2) is 23.4 Å². The van der Waals surface area contributed by atoms with Gasteiger partial charge in [-0.2, -0.15) is 4.31 Å². The fourth-order valence-corrected chi connectivity index (χ4v) is 8.00. The van der Waals surface area contributed by atoms with Crippen molar-refractivity contribution < 1.29 is 13.2 Å².